The first-order chi connectivity index (χ1) is 15.5. The smallest absolute Gasteiger partial charge is 0.322 e. The van der Waals surface area contributed by atoms with Gasteiger partial charge in [0.15, 0.2) is 0 Å². The van der Waals surface area contributed by atoms with E-state index < -0.39 is 34.9 Å². The second-order valence-corrected chi connectivity index (χ2v) is 8.97. The molecule has 1 atom stereocenters. The van der Waals surface area contributed by atoms with Crippen molar-refractivity contribution in [1.82, 2.24) is 9.88 Å². The van der Waals surface area contributed by atoms with Crippen LogP contribution in [-0.2, 0) is 11.3 Å². The maximum Gasteiger partial charge on any atom is 0.322 e. The molecule has 0 bridgehead atoms. The molecule has 3 aromatic rings. The standard InChI is InChI=1S/C23H22ClF2N3O4/c1-23(2,32)11-29(22(31)27-13-4-6-17(26)16(24)8-13)19-10-33-9-18-20(19)14-5-3-12(25)7-15(14)21(30)28-18/h3-8,19,32H,9-11H2,1-2H3,(H,27,31)(H,28,30)/t19-/m0/s1. The summed E-state index contributed by atoms with van der Waals surface area (Å²) in [6.45, 7) is 3.20. The number of hydrogen-bond acceptors (Lipinski definition) is 4. The molecule has 0 saturated carbocycles. The Kier molecular flexibility index (Phi) is 6.13. The van der Waals surface area contributed by atoms with Gasteiger partial charge in [0.25, 0.3) is 5.56 Å². The number of nitrogens with one attached hydrogen (secondary N) is 2. The van der Waals surface area contributed by atoms with E-state index in [4.69, 9.17) is 16.3 Å². The predicted molar refractivity (Wildman–Crippen MR) is 120 cm³/mol. The fourth-order valence-corrected chi connectivity index (χ4v) is 4.16. The minimum absolute atomic E-state index is 0.0825. The highest BCUT2D eigenvalue weighted by molar-refractivity contribution is 6.31. The summed E-state index contributed by atoms with van der Waals surface area (Å²) < 4.78 is 33.0. The molecule has 2 aromatic carbocycles. The molecule has 3 N–H and O–H groups in total. The third-order valence-electron chi connectivity index (χ3n) is 5.33. The quantitative estimate of drug-likeness (QED) is 0.521. The number of hydrogen-bond donors (Lipinski definition) is 3. The minimum Gasteiger partial charge on any atom is -0.389 e. The number of ether oxygens (including phenoxy) is 1. The van der Waals surface area contributed by atoms with Crippen LogP contribution in [-0.4, -0.2) is 39.8 Å². The number of aromatic nitrogens is 1. The maximum absolute atomic E-state index is 13.8. The Morgan fingerprint density at radius 3 is 2.73 bits per heavy atom. The number of pyridine rings is 1. The summed E-state index contributed by atoms with van der Waals surface area (Å²) in [5, 5.41) is 13.7. The topological polar surface area (TPSA) is 94.7 Å². The summed E-state index contributed by atoms with van der Waals surface area (Å²) in [4.78, 5) is 29.9. The molecule has 2 heterocycles. The van der Waals surface area contributed by atoms with Crippen LogP contribution in [0.1, 0.15) is 31.1 Å². The van der Waals surface area contributed by atoms with Crippen molar-refractivity contribution in [2.24, 2.45) is 0 Å². The van der Waals surface area contributed by atoms with Crippen LogP contribution >= 0.6 is 11.6 Å². The van der Waals surface area contributed by atoms with Crippen molar-refractivity contribution in [1.29, 1.82) is 0 Å². The number of carbonyl (C=O) groups excluding carboxylic acids is 1. The molecule has 4 rings (SSSR count). The summed E-state index contributed by atoms with van der Waals surface area (Å²) in [5.41, 5.74) is -0.412. The fourth-order valence-electron chi connectivity index (χ4n) is 3.98. The number of halogens is 3. The van der Waals surface area contributed by atoms with Crippen LogP contribution in [0.2, 0.25) is 5.02 Å². The zero-order valence-corrected chi connectivity index (χ0v) is 18.7. The average molecular weight is 478 g/mol. The molecule has 0 unspecified atom stereocenters. The summed E-state index contributed by atoms with van der Waals surface area (Å²) in [6, 6.07) is 6.35. The largest absolute Gasteiger partial charge is 0.389 e. The molecular formula is C23H22ClF2N3O4. The van der Waals surface area contributed by atoms with Crippen LogP contribution < -0.4 is 10.9 Å². The van der Waals surface area contributed by atoms with E-state index in [1.54, 1.807) is 13.8 Å². The molecule has 1 aliphatic heterocycles. The van der Waals surface area contributed by atoms with E-state index in [0.29, 0.717) is 16.6 Å². The lowest BCUT2D eigenvalue weighted by molar-refractivity contribution is 0.00309. The Morgan fingerprint density at radius 2 is 2.03 bits per heavy atom. The molecule has 0 aliphatic carbocycles. The third kappa shape index (κ3) is 4.85. The lowest BCUT2D eigenvalue weighted by atomic mass is 9.94. The van der Waals surface area contributed by atoms with Gasteiger partial charge in [-0.25, -0.2) is 13.6 Å². The van der Waals surface area contributed by atoms with Gasteiger partial charge in [-0.2, -0.15) is 0 Å². The summed E-state index contributed by atoms with van der Waals surface area (Å²) in [6.07, 6.45) is 0. The molecule has 1 aromatic heterocycles. The van der Waals surface area contributed by atoms with Crippen LogP contribution in [0.5, 0.6) is 0 Å². The van der Waals surface area contributed by atoms with Gasteiger partial charge in [0, 0.05) is 16.9 Å². The van der Waals surface area contributed by atoms with E-state index in [2.05, 4.69) is 10.3 Å². The molecule has 174 valence electrons. The Hall–Kier alpha value is -3.01. The first-order valence-electron chi connectivity index (χ1n) is 10.2. The summed E-state index contributed by atoms with van der Waals surface area (Å²) in [5.74, 6) is -1.18. The number of benzene rings is 2. The lowest BCUT2D eigenvalue weighted by Gasteiger charge is -2.38. The van der Waals surface area contributed by atoms with Gasteiger partial charge in [-0.05, 0) is 49.6 Å². The van der Waals surface area contributed by atoms with Crippen molar-refractivity contribution in [3.05, 3.63) is 74.7 Å². The Labute approximate surface area is 192 Å². The number of nitrogens with zero attached hydrogens (tertiary/aromatic N) is 1. The molecule has 33 heavy (non-hydrogen) atoms. The number of amides is 2. The highest BCUT2D eigenvalue weighted by Gasteiger charge is 2.35. The maximum atomic E-state index is 13.8. The van der Waals surface area contributed by atoms with Gasteiger partial charge >= 0.3 is 6.03 Å². The first-order valence-corrected chi connectivity index (χ1v) is 10.6. The lowest BCUT2D eigenvalue weighted by Crippen LogP contribution is -2.48. The number of carbonyl (C=O) groups is 1. The number of H-pyrrole nitrogens is 1. The van der Waals surface area contributed by atoms with Gasteiger partial charge in [-0.15, -0.1) is 0 Å². The first kappa shape index (κ1) is 23.2. The predicted octanol–water partition coefficient (Wildman–Crippen LogP) is 4.34. The van der Waals surface area contributed by atoms with Crippen LogP contribution in [0, 0.1) is 11.6 Å². The van der Waals surface area contributed by atoms with Crippen molar-refractivity contribution in [2.45, 2.75) is 32.1 Å². The van der Waals surface area contributed by atoms with Crippen molar-refractivity contribution in [2.75, 3.05) is 18.5 Å². The second kappa shape index (κ2) is 8.74. The Morgan fingerprint density at radius 1 is 1.27 bits per heavy atom. The van der Waals surface area contributed by atoms with Gasteiger partial charge in [0.05, 0.1) is 41.8 Å². The third-order valence-corrected chi connectivity index (χ3v) is 5.62. The van der Waals surface area contributed by atoms with Gasteiger partial charge in [-0.3, -0.25) is 4.79 Å². The SMILES string of the molecule is CC(C)(O)CN(C(=O)Nc1ccc(F)c(Cl)c1)[C@H]1COCc2[nH]c(=O)c3cc(F)ccc3c21. The van der Waals surface area contributed by atoms with Crippen molar-refractivity contribution in [3.63, 3.8) is 0 Å². The number of anilines is 1. The molecule has 0 saturated heterocycles. The normalized spacial score (nSPS) is 15.9. The molecule has 0 spiro atoms. The Balaban J connectivity index is 1.80. The van der Waals surface area contributed by atoms with E-state index in [9.17, 15) is 23.5 Å². The molecule has 0 fully saturated rings. The van der Waals surface area contributed by atoms with Crippen molar-refractivity contribution < 1.29 is 23.4 Å². The van der Waals surface area contributed by atoms with E-state index in [1.807, 2.05) is 0 Å². The Bertz CT molecular complexity index is 1290. The van der Waals surface area contributed by atoms with Crippen LogP contribution in [0.15, 0.2) is 41.2 Å². The number of fused-ring (bicyclic) bond motifs is 3. The van der Waals surface area contributed by atoms with Gasteiger partial charge in [-0.1, -0.05) is 17.7 Å². The van der Waals surface area contributed by atoms with Crippen LogP contribution in [0.25, 0.3) is 10.8 Å². The zero-order chi connectivity index (χ0) is 23.9. The average Bonchev–Trinajstić information content (AvgIpc) is 2.74. The van der Waals surface area contributed by atoms with E-state index in [0.717, 1.165) is 12.1 Å². The highest BCUT2D eigenvalue weighted by atomic mass is 35.5. The summed E-state index contributed by atoms with van der Waals surface area (Å²) in [7, 11) is 0. The number of aliphatic hydroxyl groups is 1. The molecule has 1 aliphatic rings. The van der Waals surface area contributed by atoms with Gasteiger partial charge in [0.1, 0.15) is 11.6 Å². The number of urea groups is 1. The van der Waals surface area contributed by atoms with E-state index in [-0.39, 0.29) is 35.9 Å². The minimum atomic E-state index is -1.28. The molecule has 10 heteroatoms. The molecular weight excluding hydrogens is 456 g/mol. The number of aromatic amines is 1. The number of rotatable bonds is 4. The molecule has 0 radical (unpaired) electrons. The van der Waals surface area contributed by atoms with E-state index in [1.165, 1.54) is 29.2 Å². The monoisotopic (exact) mass is 477 g/mol. The van der Waals surface area contributed by atoms with Crippen LogP contribution in [0.3, 0.4) is 0 Å². The van der Waals surface area contributed by atoms with Crippen LogP contribution in [0.4, 0.5) is 19.3 Å². The van der Waals surface area contributed by atoms with Crippen molar-refractivity contribution in [3.8, 4) is 0 Å². The van der Waals surface area contributed by atoms with Gasteiger partial charge < -0.3 is 25.0 Å². The summed E-state index contributed by atoms with van der Waals surface area (Å²) >= 11 is 5.83. The molecule has 2 amide bonds. The van der Waals surface area contributed by atoms with Crippen molar-refractivity contribution >= 4 is 34.1 Å². The fraction of sp³-hybridized carbons (Fsp3) is 0.304. The second-order valence-electron chi connectivity index (χ2n) is 8.57. The highest BCUT2D eigenvalue weighted by Crippen LogP contribution is 2.35. The van der Waals surface area contributed by atoms with Gasteiger partial charge in [0.2, 0.25) is 0 Å². The molecule has 7 nitrogen and oxygen atoms in total. The zero-order valence-electron chi connectivity index (χ0n) is 17.9. The van der Waals surface area contributed by atoms with E-state index >= 15 is 0 Å².